The molecular weight excluding hydrogens is 438 g/mol. The first-order valence-electron chi connectivity index (χ1n) is 11.1. The molecule has 0 aliphatic carbocycles. The molecule has 0 unspecified atom stereocenters. The minimum Gasteiger partial charge on any atom is -0.491 e. The Labute approximate surface area is 196 Å². The van der Waals surface area contributed by atoms with Crippen molar-refractivity contribution in [1.29, 1.82) is 0 Å². The molecule has 174 valence electrons. The van der Waals surface area contributed by atoms with E-state index >= 15 is 0 Å². The van der Waals surface area contributed by atoms with Gasteiger partial charge in [0.1, 0.15) is 22.1 Å². The third kappa shape index (κ3) is 4.23. The van der Waals surface area contributed by atoms with Gasteiger partial charge in [-0.25, -0.2) is 4.98 Å². The zero-order valence-electron chi connectivity index (χ0n) is 18.8. The van der Waals surface area contributed by atoms with Gasteiger partial charge in [0.25, 0.3) is 5.91 Å². The number of amides is 1. The summed E-state index contributed by atoms with van der Waals surface area (Å²) in [7, 11) is 1.71. The Balaban J connectivity index is 1.26. The van der Waals surface area contributed by atoms with Crippen LogP contribution in [0.15, 0.2) is 30.3 Å². The van der Waals surface area contributed by atoms with E-state index in [0.29, 0.717) is 36.1 Å². The minimum atomic E-state index is -0.183. The van der Waals surface area contributed by atoms with Crippen LogP contribution in [0.1, 0.15) is 20.9 Å². The Morgan fingerprint density at radius 2 is 2.18 bits per heavy atom. The fourth-order valence-electron chi connectivity index (χ4n) is 4.66. The van der Waals surface area contributed by atoms with Gasteiger partial charge in [-0.05, 0) is 37.1 Å². The number of carbonyl (C=O) groups is 1. The highest BCUT2D eigenvalue weighted by Gasteiger charge is 2.31. The number of carbonyl (C=O) groups excluding carboxylic acids is 1. The summed E-state index contributed by atoms with van der Waals surface area (Å²) in [6.45, 7) is 4.68. The number of aryl methyl sites for hydroxylation is 1. The number of hydrogen-bond acceptors (Lipinski definition) is 8. The maximum absolute atomic E-state index is 13.0. The zero-order chi connectivity index (χ0) is 23.1. The molecule has 0 spiro atoms. The monoisotopic (exact) mass is 467 g/mol. The van der Waals surface area contributed by atoms with Gasteiger partial charge >= 0.3 is 0 Å². The third-order valence-electron chi connectivity index (χ3n) is 6.47. The molecule has 2 aliphatic rings. The number of thiophene rings is 1. The van der Waals surface area contributed by atoms with E-state index in [4.69, 9.17) is 20.9 Å². The summed E-state index contributed by atoms with van der Waals surface area (Å²) in [6.07, 6.45) is 0.704. The molecule has 1 amide bonds. The number of anilines is 2. The van der Waals surface area contributed by atoms with Crippen LogP contribution in [0.2, 0.25) is 0 Å². The van der Waals surface area contributed by atoms with Crippen LogP contribution in [0, 0.1) is 12.8 Å². The molecule has 3 atom stereocenters. The lowest BCUT2D eigenvalue weighted by Crippen LogP contribution is -2.42. The number of benzene rings is 1. The molecule has 1 aromatic carbocycles. The van der Waals surface area contributed by atoms with Crippen LogP contribution < -0.4 is 26.4 Å². The molecule has 0 radical (unpaired) electrons. The molecule has 2 aliphatic heterocycles. The number of fused-ring (bicyclic) bond motifs is 2. The zero-order valence-corrected chi connectivity index (χ0v) is 19.7. The molecule has 9 heteroatoms. The van der Waals surface area contributed by atoms with E-state index in [1.165, 1.54) is 11.3 Å². The average molecular weight is 468 g/mol. The van der Waals surface area contributed by atoms with Gasteiger partial charge in [-0.15, -0.1) is 11.3 Å². The van der Waals surface area contributed by atoms with Crippen molar-refractivity contribution >= 4 is 38.8 Å². The van der Waals surface area contributed by atoms with Crippen LogP contribution in [0.3, 0.4) is 0 Å². The Morgan fingerprint density at radius 1 is 1.33 bits per heavy atom. The number of nitrogens with one attached hydrogen (secondary N) is 1. The summed E-state index contributed by atoms with van der Waals surface area (Å²) in [6, 6.07) is 10.1. The molecule has 5 N–H and O–H groups in total. The van der Waals surface area contributed by atoms with Crippen molar-refractivity contribution in [3.05, 3.63) is 46.5 Å². The van der Waals surface area contributed by atoms with E-state index < -0.39 is 0 Å². The number of rotatable bonds is 5. The number of nitrogens with zero attached hydrogens (tertiary/aromatic N) is 2. The molecule has 0 saturated carbocycles. The molecule has 33 heavy (non-hydrogen) atoms. The lowest BCUT2D eigenvalue weighted by atomic mass is 10.0. The molecule has 3 aromatic rings. The van der Waals surface area contributed by atoms with Gasteiger partial charge in [0.15, 0.2) is 0 Å². The number of nitrogen functional groups attached to an aromatic ring is 1. The second-order valence-electron chi connectivity index (χ2n) is 8.91. The minimum absolute atomic E-state index is 0.0990. The number of ether oxygens (including phenoxy) is 2. The molecule has 1 fully saturated rings. The summed E-state index contributed by atoms with van der Waals surface area (Å²) < 4.78 is 11.3. The quantitative estimate of drug-likeness (QED) is 0.527. The number of methoxy groups -OCH3 is 1. The van der Waals surface area contributed by atoms with E-state index in [9.17, 15) is 4.79 Å². The van der Waals surface area contributed by atoms with Crippen LogP contribution in [0.4, 0.5) is 11.4 Å². The fraction of sp³-hybridized carbons (Fsp3) is 0.417. The van der Waals surface area contributed by atoms with Crippen molar-refractivity contribution in [3.63, 3.8) is 0 Å². The lowest BCUT2D eigenvalue weighted by Gasteiger charge is -2.28. The van der Waals surface area contributed by atoms with Crippen molar-refractivity contribution in [1.82, 2.24) is 10.3 Å². The topological polar surface area (TPSA) is 116 Å². The van der Waals surface area contributed by atoms with Gasteiger partial charge in [-0.2, -0.15) is 0 Å². The van der Waals surface area contributed by atoms with Crippen molar-refractivity contribution in [2.45, 2.75) is 25.4 Å². The maximum atomic E-state index is 13.0. The third-order valence-corrected chi connectivity index (χ3v) is 7.58. The normalized spacial score (nSPS) is 22.3. The van der Waals surface area contributed by atoms with Crippen molar-refractivity contribution < 1.29 is 14.3 Å². The van der Waals surface area contributed by atoms with Gasteiger partial charge in [0, 0.05) is 55.0 Å². The van der Waals surface area contributed by atoms with Crippen LogP contribution in [0.25, 0.3) is 10.2 Å². The highest BCUT2D eigenvalue weighted by atomic mass is 32.1. The second-order valence-corrected chi connectivity index (χ2v) is 9.91. The molecular formula is C24H29N5O3S. The molecule has 4 heterocycles. The number of aromatic nitrogens is 1. The number of hydrogen-bond donors (Lipinski definition) is 3. The molecule has 8 nitrogen and oxygen atoms in total. The van der Waals surface area contributed by atoms with E-state index in [2.05, 4.69) is 33.4 Å². The first-order chi connectivity index (χ1) is 15.9. The standard InChI is InChI=1S/C24H29N5O3S/c1-13-3-6-18-21(26)22(33-24(18)27-13)23(30)28-16-7-14-4-5-17(8-20(14)32-12-16)29-9-15(11-31-2)19(25)10-29/h3-6,8,15-16,19H,7,9-12,25-26H2,1-2H3,(H,28,30)/t15-,16-,19-/m1/s1. The van der Waals surface area contributed by atoms with Gasteiger partial charge in [-0.3, -0.25) is 4.79 Å². The Morgan fingerprint density at radius 3 is 3.00 bits per heavy atom. The Bertz CT molecular complexity index is 1200. The van der Waals surface area contributed by atoms with E-state index in [1.807, 2.05) is 19.1 Å². The van der Waals surface area contributed by atoms with Crippen LogP contribution in [-0.4, -0.2) is 56.4 Å². The van der Waals surface area contributed by atoms with Gasteiger partial charge in [0.2, 0.25) is 0 Å². The SMILES string of the molecule is COC[C@H]1CN(c2ccc3c(c2)OC[C@H](NC(=O)c2sc4nc(C)ccc4c2N)C3)C[C@H]1N. The van der Waals surface area contributed by atoms with Crippen LogP contribution in [0.5, 0.6) is 5.75 Å². The Kier molecular flexibility index (Phi) is 5.86. The first kappa shape index (κ1) is 21.9. The van der Waals surface area contributed by atoms with Gasteiger partial charge in [-0.1, -0.05) is 6.07 Å². The second kappa shape index (κ2) is 8.81. The fourth-order valence-corrected chi connectivity index (χ4v) is 5.70. The molecule has 1 saturated heterocycles. The van der Waals surface area contributed by atoms with Crippen molar-refractivity contribution in [2.24, 2.45) is 11.7 Å². The van der Waals surface area contributed by atoms with Gasteiger partial charge in [0.05, 0.1) is 18.3 Å². The first-order valence-corrected chi connectivity index (χ1v) is 12.0. The smallest absolute Gasteiger partial charge is 0.263 e. The van der Waals surface area contributed by atoms with E-state index in [1.54, 1.807) is 7.11 Å². The highest BCUT2D eigenvalue weighted by molar-refractivity contribution is 7.21. The highest BCUT2D eigenvalue weighted by Crippen LogP contribution is 2.34. The summed E-state index contributed by atoms with van der Waals surface area (Å²) in [5.74, 6) is 1.01. The lowest BCUT2D eigenvalue weighted by molar-refractivity contribution is 0.0920. The average Bonchev–Trinajstić information content (AvgIpc) is 3.33. The largest absolute Gasteiger partial charge is 0.491 e. The summed E-state index contributed by atoms with van der Waals surface area (Å²) in [5.41, 5.74) is 16.1. The predicted molar refractivity (Wildman–Crippen MR) is 131 cm³/mol. The van der Waals surface area contributed by atoms with Crippen LogP contribution >= 0.6 is 11.3 Å². The van der Waals surface area contributed by atoms with E-state index in [-0.39, 0.29) is 18.0 Å². The summed E-state index contributed by atoms with van der Waals surface area (Å²) >= 11 is 1.33. The van der Waals surface area contributed by atoms with Crippen molar-refractivity contribution in [2.75, 3.05) is 44.0 Å². The van der Waals surface area contributed by atoms with Crippen LogP contribution in [-0.2, 0) is 11.2 Å². The number of nitrogens with two attached hydrogens (primary N) is 2. The van der Waals surface area contributed by atoms with E-state index in [0.717, 1.165) is 46.0 Å². The number of pyridine rings is 1. The molecule has 2 aromatic heterocycles. The summed E-state index contributed by atoms with van der Waals surface area (Å²) in [5, 5.41) is 3.91. The van der Waals surface area contributed by atoms with Gasteiger partial charge < -0.3 is 31.2 Å². The van der Waals surface area contributed by atoms with Crippen molar-refractivity contribution in [3.8, 4) is 5.75 Å². The predicted octanol–water partition coefficient (Wildman–Crippen LogP) is 2.33. The maximum Gasteiger partial charge on any atom is 0.263 e. The molecule has 5 rings (SSSR count). The summed E-state index contributed by atoms with van der Waals surface area (Å²) in [4.78, 5) is 21.0. The Hall–Kier alpha value is -2.88. The molecule has 0 bridgehead atoms.